The van der Waals surface area contributed by atoms with Gasteiger partial charge < -0.3 is 14.5 Å². The van der Waals surface area contributed by atoms with E-state index >= 15 is 0 Å². The number of rotatable bonds is 5. The summed E-state index contributed by atoms with van der Waals surface area (Å²) in [6.07, 6.45) is 3.63. The smallest absolute Gasteiger partial charge is 0.276 e. The molecule has 2 fully saturated rings. The summed E-state index contributed by atoms with van der Waals surface area (Å²) in [5.41, 5.74) is 1.33. The Bertz CT molecular complexity index is 1120. The first-order chi connectivity index (χ1) is 15.1. The molecule has 0 saturated carbocycles. The van der Waals surface area contributed by atoms with Gasteiger partial charge in [0.15, 0.2) is 5.52 Å². The van der Waals surface area contributed by atoms with Crippen LogP contribution in [0.25, 0.3) is 5.52 Å². The fourth-order valence-corrected chi connectivity index (χ4v) is 4.76. The largest absolute Gasteiger partial charge is 0.481 e. The third-order valence-electron chi connectivity index (χ3n) is 6.39. The quantitative estimate of drug-likeness (QED) is 0.668. The van der Waals surface area contributed by atoms with E-state index in [9.17, 15) is 4.79 Å². The Morgan fingerprint density at radius 2 is 2.23 bits per heavy atom. The molecule has 3 aromatic rings. The molecule has 0 radical (unpaired) electrons. The van der Waals surface area contributed by atoms with Gasteiger partial charge in [0.05, 0.1) is 25.6 Å². The number of aromatic amines is 1. The van der Waals surface area contributed by atoms with Crippen LogP contribution in [0.5, 0.6) is 5.88 Å². The highest BCUT2D eigenvalue weighted by Gasteiger charge is 2.33. The SMILES string of the molecule is COc1cccc(CN2CC(C)C(c3nn4c(C5CCCOC5)ncc4c(=O)[nH]3)C2)n1. The number of hydrogen-bond acceptors (Lipinski definition) is 7. The lowest BCUT2D eigenvalue weighted by Crippen LogP contribution is -2.24. The molecule has 0 amide bonds. The van der Waals surface area contributed by atoms with Gasteiger partial charge in [-0.3, -0.25) is 9.69 Å². The minimum Gasteiger partial charge on any atom is -0.481 e. The number of fused-ring (bicyclic) bond motifs is 1. The number of ether oxygens (including phenoxy) is 2. The second-order valence-electron chi connectivity index (χ2n) is 8.62. The van der Waals surface area contributed by atoms with Crippen LogP contribution < -0.4 is 10.3 Å². The molecule has 3 aromatic heterocycles. The average Bonchev–Trinajstić information content (AvgIpc) is 3.38. The monoisotopic (exact) mass is 424 g/mol. The maximum absolute atomic E-state index is 12.8. The average molecular weight is 425 g/mol. The van der Waals surface area contributed by atoms with Crippen molar-refractivity contribution >= 4 is 5.52 Å². The fraction of sp³-hybridized carbons (Fsp3) is 0.545. The normalized spacial score (nSPS) is 24.6. The molecule has 164 valence electrons. The standard InChI is InChI=1S/C22H28N6O3/c1-14-10-27(11-16-6-3-7-19(24-16)30-2)12-17(14)20-25-22(29)18-9-23-21(28(18)26-20)15-5-4-8-31-13-15/h3,6-7,9,14-15,17H,4-5,8,10-13H2,1-2H3,(H,25,26,29). The molecule has 0 bridgehead atoms. The molecular formula is C22H28N6O3. The summed E-state index contributed by atoms with van der Waals surface area (Å²) < 4.78 is 12.6. The summed E-state index contributed by atoms with van der Waals surface area (Å²) in [6, 6.07) is 5.82. The molecule has 9 heteroatoms. The van der Waals surface area contributed by atoms with E-state index in [0.717, 1.165) is 56.4 Å². The second-order valence-corrected chi connectivity index (χ2v) is 8.62. The summed E-state index contributed by atoms with van der Waals surface area (Å²) >= 11 is 0. The maximum atomic E-state index is 12.8. The zero-order valence-electron chi connectivity index (χ0n) is 18.0. The molecule has 0 aliphatic carbocycles. The number of hydrogen-bond donors (Lipinski definition) is 1. The van der Waals surface area contributed by atoms with Gasteiger partial charge in [-0.1, -0.05) is 13.0 Å². The van der Waals surface area contributed by atoms with Crippen molar-refractivity contribution < 1.29 is 9.47 Å². The third-order valence-corrected chi connectivity index (χ3v) is 6.39. The molecule has 1 N–H and O–H groups in total. The van der Waals surface area contributed by atoms with E-state index in [4.69, 9.17) is 14.6 Å². The molecule has 31 heavy (non-hydrogen) atoms. The predicted octanol–water partition coefficient (Wildman–Crippen LogP) is 1.95. The number of H-pyrrole nitrogens is 1. The summed E-state index contributed by atoms with van der Waals surface area (Å²) in [5.74, 6) is 2.84. The Balaban J connectivity index is 1.40. The second kappa shape index (κ2) is 8.39. The van der Waals surface area contributed by atoms with Gasteiger partial charge in [-0.05, 0) is 24.8 Å². The van der Waals surface area contributed by atoms with E-state index in [1.54, 1.807) is 17.8 Å². The van der Waals surface area contributed by atoms with Gasteiger partial charge in [0, 0.05) is 44.1 Å². The van der Waals surface area contributed by atoms with E-state index in [2.05, 4.69) is 26.8 Å². The topological polar surface area (TPSA) is 97.6 Å². The van der Waals surface area contributed by atoms with Gasteiger partial charge >= 0.3 is 0 Å². The number of aromatic nitrogens is 5. The maximum Gasteiger partial charge on any atom is 0.276 e. The van der Waals surface area contributed by atoms with Gasteiger partial charge in [0.2, 0.25) is 5.88 Å². The molecule has 2 saturated heterocycles. The first kappa shape index (κ1) is 20.1. The van der Waals surface area contributed by atoms with Crippen molar-refractivity contribution in [2.45, 2.75) is 38.1 Å². The van der Waals surface area contributed by atoms with Crippen LogP contribution in [0, 0.1) is 5.92 Å². The number of nitrogens with one attached hydrogen (secondary N) is 1. The highest BCUT2D eigenvalue weighted by atomic mass is 16.5. The van der Waals surface area contributed by atoms with Crippen LogP contribution in [0.4, 0.5) is 0 Å². The third kappa shape index (κ3) is 3.95. The van der Waals surface area contributed by atoms with Crippen molar-refractivity contribution in [2.75, 3.05) is 33.4 Å². The van der Waals surface area contributed by atoms with Crippen molar-refractivity contribution in [1.29, 1.82) is 0 Å². The van der Waals surface area contributed by atoms with Gasteiger partial charge in [-0.15, -0.1) is 0 Å². The molecule has 5 heterocycles. The molecule has 0 spiro atoms. The van der Waals surface area contributed by atoms with Crippen molar-refractivity contribution in [2.24, 2.45) is 5.92 Å². The minimum atomic E-state index is -0.138. The van der Waals surface area contributed by atoms with Crippen molar-refractivity contribution in [3.8, 4) is 5.88 Å². The van der Waals surface area contributed by atoms with Gasteiger partial charge in [0.25, 0.3) is 5.56 Å². The predicted molar refractivity (Wildman–Crippen MR) is 114 cm³/mol. The fourth-order valence-electron chi connectivity index (χ4n) is 4.76. The Morgan fingerprint density at radius 3 is 3.03 bits per heavy atom. The van der Waals surface area contributed by atoms with Crippen LogP contribution in [0.2, 0.25) is 0 Å². The van der Waals surface area contributed by atoms with E-state index in [1.165, 1.54) is 0 Å². The number of likely N-dealkylation sites (tertiary alicyclic amines) is 1. The van der Waals surface area contributed by atoms with E-state index < -0.39 is 0 Å². The van der Waals surface area contributed by atoms with Crippen molar-refractivity contribution in [3.05, 3.63) is 52.1 Å². The van der Waals surface area contributed by atoms with Crippen LogP contribution in [0.3, 0.4) is 0 Å². The summed E-state index contributed by atoms with van der Waals surface area (Å²) in [4.78, 5) is 27.2. The van der Waals surface area contributed by atoms with Crippen LogP contribution >= 0.6 is 0 Å². The van der Waals surface area contributed by atoms with Gasteiger partial charge in [0.1, 0.15) is 11.6 Å². The molecule has 5 rings (SSSR count). The Morgan fingerprint density at radius 1 is 1.32 bits per heavy atom. The lowest BCUT2D eigenvalue weighted by Gasteiger charge is -2.21. The number of pyridine rings is 1. The van der Waals surface area contributed by atoms with Crippen molar-refractivity contribution in [3.63, 3.8) is 0 Å². The Hall–Kier alpha value is -2.78. The zero-order chi connectivity index (χ0) is 21.4. The highest BCUT2D eigenvalue weighted by molar-refractivity contribution is 5.42. The highest BCUT2D eigenvalue weighted by Crippen LogP contribution is 2.31. The number of nitrogens with zero attached hydrogens (tertiary/aromatic N) is 5. The minimum absolute atomic E-state index is 0.138. The summed E-state index contributed by atoms with van der Waals surface area (Å²) in [7, 11) is 1.63. The van der Waals surface area contributed by atoms with Crippen LogP contribution in [-0.2, 0) is 11.3 Å². The molecule has 0 aromatic carbocycles. The summed E-state index contributed by atoms with van der Waals surface area (Å²) in [5, 5.41) is 4.85. The Kier molecular flexibility index (Phi) is 5.45. The number of methoxy groups -OCH3 is 1. The molecule has 2 aliphatic rings. The molecule has 3 atom stereocenters. The summed E-state index contributed by atoms with van der Waals surface area (Å²) in [6.45, 7) is 6.09. The van der Waals surface area contributed by atoms with Crippen molar-refractivity contribution in [1.82, 2.24) is 29.5 Å². The van der Waals surface area contributed by atoms with Crippen LogP contribution in [0.15, 0.2) is 29.2 Å². The zero-order valence-corrected chi connectivity index (χ0v) is 18.0. The molecule has 3 unspecified atom stereocenters. The first-order valence-electron chi connectivity index (χ1n) is 10.9. The number of imidazole rings is 1. The van der Waals surface area contributed by atoms with Gasteiger partial charge in [-0.2, -0.15) is 5.10 Å². The lowest BCUT2D eigenvalue weighted by atomic mass is 9.97. The van der Waals surface area contributed by atoms with E-state index in [-0.39, 0.29) is 17.4 Å². The molecular weight excluding hydrogens is 396 g/mol. The van der Waals surface area contributed by atoms with Crippen LogP contribution in [0.1, 0.15) is 48.9 Å². The van der Waals surface area contributed by atoms with Crippen LogP contribution in [-0.4, -0.2) is 62.9 Å². The van der Waals surface area contributed by atoms with Gasteiger partial charge in [-0.25, -0.2) is 14.5 Å². The Labute approximate surface area is 180 Å². The first-order valence-corrected chi connectivity index (χ1v) is 10.9. The van der Waals surface area contributed by atoms with E-state index in [1.807, 2.05) is 18.2 Å². The lowest BCUT2D eigenvalue weighted by molar-refractivity contribution is 0.0775. The molecule has 9 nitrogen and oxygen atoms in total. The molecule has 2 aliphatic heterocycles. The van der Waals surface area contributed by atoms with E-state index in [0.29, 0.717) is 23.9 Å².